The normalized spacial score (nSPS) is 16.2. The molecule has 0 aliphatic rings. The van der Waals surface area contributed by atoms with Crippen molar-refractivity contribution in [3.63, 3.8) is 0 Å². The van der Waals surface area contributed by atoms with Gasteiger partial charge in [0.15, 0.2) is 0 Å². The van der Waals surface area contributed by atoms with E-state index in [1.807, 2.05) is 0 Å². The van der Waals surface area contributed by atoms with Crippen molar-refractivity contribution in [3.8, 4) is 0 Å². The topological polar surface area (TPSA) is 0 Å². The molecule has 0 fully saturated rings. The first-order valence-electron chi connectivity index (χ1n) is 3.92. The third-order valence-corrected chi connectivity index (χ3v) is 1.51. The highest BCUT2D eigenvalue weighted by molar-refractivity contribution is 5.12. The Morgan fingerprint density at radius 1 is 1.38 bits per heavy atom. The molecule has 0 aromatic rings. The van der Waals surface area contributed by atoms with E-state index >= 15 is 0 Å². The summed E-state index contributed by atoms with van der Waals surface area (Å²) in [6.07, 6.45) is 1.79. The van der Waals surface area contributed by atoms with Crippen LogP contribution in [-0.4, -0.2) is 6.18 Å². The largest absolute Gasteiger partial charge is 0.412 e. The zero-order chi connectivity index (χ0) is 10.5. The summed E-state index contributed by atoms with van der Waals surface area (Å²) in [7, 11) is 0. The molecule has 3 heteroatoms. The summed E-state index contributed by atoms with van der Waals surface area (Å²) in [6.45, 7) is 6.19. The van der Waals surface area contributed by atoms with Crippen molar-refractivity contribution >= 4 is 0 Å². The fraction of sp³-hybridized carbons (Fsp3) is 0.400. The van der Waals surface area contributed by atoms with Crippen LogP contribution in [0.25, 0.3) is 0 Å². The van der Waals surface area contributed by atoms with Crippen molar-refractivity contribution < 1.29 is 13.2 Å². The number of hydrogen-bond donors (Lipinski definition) is 0. The third-order valence-electron chi connectivity index (χ3n) is 1.51. The highest BCUT2D eigenvalue weighted by Crippen LogP contribution is 2.26. The van der Waals surface area contributed by atoms with E-state index < -0.39 is 11.7 Å². The van der Waals surface area contributed by atoms with E-state index in [0.29, 0.717) is 0 Å². The number of rotatable bonds is 3. The minimum absolute atomic E-state index is 0.223. The van der Waals surface area contributed by atoms with Gasteiger partial charge >= 0.3 is 6.18 Å². The molecule has 0 amide bonds. The summed E-state index contributed by atoms with van der Waals surface area (Å²) in [5.74, 6) is -0.223. The lowest BCUT2D eigenvalue weighted by Crippen LogP contribution is -2.09. The molecule has 0 saturated heterocycles. The summed E-state index contributed by atoms with van der Waals surface area (Å²) in [6, 6.07) is 0. The van der Waals surface area contributed by atoms with E-state index in [4.69, 9.17) is 0 Å². The monoisotopic (exact) mass is 190 g/mol. The quantitative estimate of drug-likeness (QED) is 0.468. The van der Waals surface area contributed by atoms with Crippen LogP contribution in [0.4, 0.5) is 13.2 Å². The van der Waals surface area contributed by atoms with Gasteiger partial charge in [-0.15, -0.1) is 0 Å². The summed E-state index contributed by atoms with van der Waals surface area (Å²) in [5.41, 5.74) is -0.561. The van der Waals surface area contributed by atoms with Crippen molar-refractivity contribution in [2.45, 2.75) is 20.0 Å². The molecule has 0 spiro atoms. The maximum atomic E-state index is 12.0. The van der Waals surface area contributed by atoms with Crippen molar-refractivity contribution in [1.82, 2.24) is 0 Å². The minimum Gasteiger partial charge on any atom is -0.167 e. The van der Waals surface area contributed by atoms with Gasteiger partial charge < -0.3 is 0 Å². The van der Waals surface area contributed by atoms with Gasteiger partial charge in [0.25, 0.3) is 0 Å². The van der Waals surface area contributed by atoms with Gasteiger partial charge in [-0.1, -0.05) is 37.8 Å². The van der Waals surface area contributed by atoms with E-state index in [1.54, 1.807) is 19.1 Å². The van der Waals surface area contributed by atoms with E-state index in [1.165, 1.54) is 12.2 Å². The smallest absolute Gasteiger partial charge is 0.167 e. The van der Waals surface area contributed by atoms with E-state index in [2.05, 4.69) is 6.58 Å². The van der Waals surface area contributed by atoms with E-state index in [9.17, 15) is 13.2 Å². The van der Waals surface area contributed by atoms with Gasteiger partial charge in [-0.25, -0.2) is 0 Å². The van der Waals surface area contributed by atoms with Gasteiger partial charge in [-0.3, -0.25) is 0 Å². The van der Waals surface area contributed by atoms with Crippen molar-refractivity contribution in [2.75, 3.05) is 0 Å². The van der Waals surface area contributed by atoms with Crippen molar-refractivity contribution in [1.29, 1.82) is 0 Å². The highest BCUT2D eigenvalue weighted by Gasteiger charge is 2.29. The fourth-order valence-corrected chi connectivity index (χ4v) is 0.798. The predicted molar refractivity (Wildman–Crippen MR) is 48.3 cm³/mol. The lowest BCUT2D eigenvalue weighted by Gasteiger charge is -2.07. The Balaban J connectivity index is 4.39. The fourth-order valence-electron chi connectivity index (χ4n) is 0.798. The van der Waals surface area contributed by atoms with Crippen LogP contribution < -0.4 is 0 Å². The molecule has 0 aliphatic heterocycles. The molecule has 0 radical (unpaired) electrons. The van der Waals surface area contributed by atoms with Crippen molar-refractivity contribution in [2.24, 2.45) is 5.92 Å². The molecular formula is C10H13F3. The summed E-state index contributed by atoms with van der Waals surface area (Å²) < 4.78 is 36.1. The van der Waals surface area contributed by atoms with Crippen LogP contribution in [0.5, 0.6) is 0 Å². The number of allylic oxidation sites excluding steroid dienone is 5. The lowest BCUT2D eigenvalue weighted by atomic mass is 10.1. The van der Waals surface area contributed by atoms with Crippen LogP contribution >= 0.6 is 0 Å². The van der Waals surface area contributed by atoms with Crippen LogP contribution in [0.1, 0.15) is 13.8 Å². The first kappa shape index (κ1) is 12.0. The standard InChI is InChI=1S/C10H13F3/c1-4-5-6-8(2)7-9(3)10(11,12)13/h4-8H,1H2,2-3H3/b6-5?,9-7+. The second kappa shape index (κ2) is 4.90. The zero-order valence-electron chi connectivity index (χ0n) is 7.73. The van der Waals surface area contributed by atoms with Crippen LogP contribution in [0.15, 0.2) is 36.5 Å². The third kappa shape index (κ3) is 5.28. The first-order valence-corrected chi connectivity index (χ1v) is 3.92. The Morgan fingerprint density at radius 3 is 2.31 bits per heavy atom. The Morgan fingerprint density at radius 2 is 1.92 bits per heavy atom. The number of hydrogen-bond acceptors (Lipinski definition) is 0. The average Bonchev–Trinajstić information content (AvgIpc) is 1.99. The molecule has 1 unspecified atom stereocenters. The van der Waals surface area contributed by atoms with E-state index in [-0.39, 0.29) is 5.92 Å². The van der Waals surface area contributed by atoms with Gasteiger partial charge in [-0.05, 0) is 12.8 Å². The molecule has 0 aromatic carbocycles. The highest BCUT2D eigenvalue weighted by atomic mass is 19.4. The van der Waals surface area contributed by atoms with Crippen LogP contribution in [0.3, 0.4) is 0 Å². The van der Waals surface area contributed by atoms with Gasteiger partial charge in [0.05, 0.1) is 0 Å². The Labute approximate surface area is 76.5 Å². The van der Waals surface area contributed by atoms with Crippen LogP contribution in [0.2, 0.25) is 0 Å². The minimum atomic E-state index is -4.21. The molecule has 0 heterocycles. The average molecular weight is 190 g/mol. The van der Waals surface area contributed by atoms with Gasteiger partial charge in [0, 0.05) is 5.57 Å². The molecule has 0 aliphatic carbocycles. The SMILES string of the molecule is C=CC=CC(C)/C=C(\C)C(F)(F)F. The molecule has 0 bridgehead atoms. The summed E-state index contributed by atoms with van der Waals surface area (Å²) in [5, 5.41) is 0. The molecule has 13 heavy (non-hydrogen) atoms. The molecule has 0 N–H and O–H groups in total. The van der Waals surface area contributed by atoms with Crippen molar-refractivity contribution in [3.05, 3.63) is 36.5 Å². The first-order chi connectivity index (χ1) is 5.88. The maximum absolute atomic E-state index is 12.0. The molecule has 0 nitrogen and oxygen atoms in total. The van der Waals surface area contributed by atoms with Gasteiger partial charge in [-0.2, -0.15) is 13.2 Å². The molecule has 0 saturated carbocycles. The number of alkyl halides is 3. The molecular weight excluding hydrogens is 177 g/mol. The molecule has 0 aromatic heterocycles. The lowest BCUT2D eigenvalue weighted by molar-refractivity contribution is -0.0917. The molecule has 74 valence electrons. The van der Waals surface area contributed by atoms with E-state index in [0.717, 1.165) is 6.92 Å². The predicted octanol–water partition coefficient (Wildman–Crippen LogP) is 3.87. The molecule has 1 atom stereocenters. The Kier molecular flexibility index (Phi) is 4.52. The second-order valence-electron chi connectivity index (χ2n) is 2.83. The van der Waals surface area contributed by atoms with Gasteiger partial charge in [0.1, 0.15) is 0 Å². The number of halogens is 3. The zero-order valence-corrected chi connectivity index (χ0v) is 7.73. The summed E-state index contributed by atoms with van der Waals surface area (Å²) in [4.78, 5) is 0. The van der Waals surface area contributed by atoms with Gasteiger partial charge in [0.2, 0.25) is 0 Å². The Hall–Kier alpha value is -0.990. The summed E-state index contributed by atoms with van der Waals surface area (Å²) >= 11 is 0. The molecule has 0 rings (SSSR count). The van der Waals surface area contributed by atoms with Crippen LogP contribution in [0, 0.1) is 5.92 Å². The maximum Gasteiger partial charge on any atom is 0.412 e. The van der Waals surface area contributed by atoms with Crippen LogP contribution in [-0.2, 0) is 0 Å². The second-order valence-corrected chi connectivity index (χ2v) is 2.83. The Bertz CT molecular complexity index is 221.